The number of aryl methyl sites for hydroxylation is 2. The zero-order valence-corrected chi connectivity index (χ0v) is 17.5. The predicted octanol–water partition coefficient (Wildman–Crippen LogP) is 3.67. The second-order valence-electron chi connectivity index (χ2n) is 7.49. The van der Waals surface area contributed by atoms with Crippen LogP contribution in [0.2, 0.25) is 0 Å². The number of amides is 1. The minimum absolute atomic E-state index is 0.0135. The van der Waals surface area contributed by atoms with Crippen LogP contribution in [0.25, 0.3) is 11.0 Å². The van der Waals surface area contributed by atoms with Crippen molar-refractivity contribution < 1.29 is 22.4 Å². The predicted molar refractivity (Wildman–Crippen MR) is 114 cm³/mol. The van der Waals surface area contributed by atoms with Crippen molar-refractivity contribution in [1.29, 1.82) is 0 Å². The third-order valence-electron chi connectivity index (χ3n) is 5.31. The Morgan fingerprint density at radius 2 is 1.87 bits per heavy atom. The molecule has 2 aromatic carbocycles. The summed E-state index contributed by atoms with van der Waals surface area (Å²) in [4.78, 5) is 12.4. The van der Waals surface area contributed by atoms with E-state index in [1.165, 1.54) is 5.56 Å². The summed E-state index contributed by atoms with van der Waals surface area (Å²) < 4.78 is 36.0. The Morgan fingerprint density at radius 1 is 1.07 bits per heavy atom. The fraction of sp³-hybridized carbons (Fsp3) is 0.348. The Morgan fingerprint density at radius 3 is 2.70 bits per heavy atom. The van der Waals surface area contributed by atoms with Gasteiger partial charge >= 0.3 is 0 Å². The normalized spacial score (nSPS) is 13.7. The highest BCUT2D eigenvalue weighted by Gasteiger charge is 2.18. The van der Waals surface area contributed by atoms with Gasteiger partial charge < -0.3 is 14.5 Å². The summed E-state index contributed by atoms with van der Waals surface area (Å²) in [6.07, 6.45) is 4.65. The quantitative estimate of drug-likeness (QED) is 0.555. The van der Waals surface area contributed by atoms with Crippen molar-refractivity contribution in [2.75, 3.05) is 18.9 Å². The molecule has 0 bridgehead atoms. The zero-order valence-electron chi connectivity index (χ0n) is 16.7. The lowest BCUT2D eigenvalue weighted by Crippen LogP contribution is -2.30. The zero-order chi connectivity index (χ0) is 21.0. The summed E-state index contributed by atoms with van der Waals surface area (Å²) in [5.41, 5.74) is 2.11. The third kappa shape index (κ3) is 4.67. The molecule has 1 heterocycles. The van der Waals surface area contributed by atoms with Gasteiger partial charge in [0.05, 0.1) is 10.6 Å². The van der Waals surface area contributed by atoms with Gasteiger partial charge in [0.15, 0.2) is 16.4 Å². The standard InChI is InChI=1S/C23H25NO5S/c25-23(24-13-6-14-30(26,27)18-7-2-1-3-8-18)16-28-17-11-12-22-20(15-17)19-9-4-5-10-21(19)29-22/h1-3,7-8,11-12,15H,4-6,9-10,13-14,16H2,(H,24,25). The van der Waals surface area contributed by atoms with Crippen LogP contribution in [0.3, 0.4) is 0 Å². The van der Waals surface area contributed by atoms with Crippen molar-refractivity contribution in [2.45, 2.75) is 37.0 Å². The first-order chi connectivity index (χ1) is 14.5. The number of carbonyl (C=O) groups is 1. The smallest absolute Gasteiger partial charge is 0.257 e. The summed E-state index contributed by atoms with van der Waals surface area (Å²) >= 11 is 0. The van der Waals surface area contributed by atoms with E-state index in [0.29, 0.717) is 17.1 Å². The van der Waals surface area contributed by atoms with Crippen LogP contribution in [-0.2, 0) is 27.5 Å². The van der Waals surface area contributed by atoms with Crippen molar-refractivity contribution in [1.82, 2.24) is 5.32 Å². The lowest BCUT2D eigenvalue weighted by molar-refractivity contribution is -0.123. The van der Waals surface area contributed by atoms with Crippen LogP contribution in [0.15, 0.2) is 57.8 Å². The summed E-state index contributed by atoms with van der Waals surface area (Å²) in [5.74, 6) is 1.40. The number of fused-ring (bicyclic) bond motifs is 3. The number of hydrogen-bond acceptors (Lipinski definition) is 5. The van der Waals surface area contributed by atoms with Gasteiger partial charge in [0.25, 0.3) is 5.91 Å². The fourth-order valence-corrected chi connectivity index (χ4v) is 5.10. The molecule has 7 heteroatoms. The fourth-order valence-electron chi connectivity index (χ4n) is 3.77. The van der Waals surface area contributed by atoms with Gasteiger partial charge in [-0.3, -0.25) is 4.79 Å². The first-order valence-corrected chi connectivity index (χ1v) is 11.9. The average Bonchev–Trinajstić information content (AvgIpc) is 3.14. The van der Waals surface area contributed by atoms with Crippen LogP contribution in [-0.4, -0.2) is 33.2 Å². The maximum Gasteiger partial charge on any atom is 0.257 e. The molecule has 1 amide bonds. The molecule has 1 N–H and O–H groups in total. The van der Waals surface area contributed by atoms with Crippen molar-refractivity contribution >= 4 is 26.7 Å². The summed E-state index contributed by atoms with van der Waals surface area (Å²) in [6, 6.07) is 13.9. The number of benzene rings is 2. The third-order valence-corrected chi connectivity index (χ3v) is 7.13. The Hall–Kier alpha value is -2.80. The molecule has 0 saturated carbocycles. The number of sulfone groups is 1. The monoisotopic (exact) mass is 427 g/mol. The maximum absolute atomic E-state index is 12.2. The molecule has 0 fully saturated rings. The van der Waals surface area contributed by atoms with Gasteiger partial charge in [-0.15, -0.1) is 0 Å². The first kappa shape index (κ1) is 20.5. The molecule has 3 aromatic rings. The highest BCUT2D eigenvalue weighted by molar-refractivity contribution is 7.91. The van der Waals surface area contributed by atoms with Crippen molar-refractivity contribution in [3.8, 4) is 5.75 Å². The largest absolute Gasteiger partial charge is 0.484 e. The Balaban J connectivity index is 1.25. The molecule has 0 atom stereocenters. The van der Waals surface area contributed by atoms with E-state index in [4.69, 9.17) is 9.15 Å². The number of rotatable bonds is 8. The Labute approximate surface area is 176 Å². The van der Waals surface area contributed by atoms with Gasteiger partial charge in [-0.05, 0) is 56.0 Å². The lowest BCUT2D eigenvalue weighted by Gasteiger charge is -2.09. The van der Waals surface area contributed by atoms with E-state index in [9.17, 15) is 13.2 Å². The van der Waals surface area contributed by atoms with Crippen molar-refractivity contribution in [2.24, 2.45) is 0 Å². The van der Waals surface area contributed by atoms with Gasteiger partial charge in [0.2, 0.25) is 0 Å². The Bertz CT molecular complexity index is 1140. The number of hydrogen-bond donors (Lipinski definition) is 1. The van der Waals surface area contributed by atoms with Crippen LogP contribution in [0.5, 0.6) is 5.75 Å². The van der Waals surface area contributed by atoms with E-state index < -0.39 is 9.84 Å². The molecule has 0 radical (unpaired) electrons. The SMILES string of the molecule is O=C(COc1ccc2oc3c(c2c1)CCCC3)NCCCS(=O)(=O)c1ccccc1. The second-order valence-corrected chi connectivity index (χ2v) is 9.60. The van der Waals surface area contributed by atoms with Crippen LogP contribution >= 0.6 is 0 Å². The van der Waals surface area contributed by atoms with E-state index in [1.54, 1.807) is 36.4 Å². The molecule has 0 saturated heterocycles. The lowest BCUT2D eigenvalue weighted by atomic mass is 9.96. The van der Waals surface area contributed by atoms with E-state index in [-0.39, 0.29) is 24.8 Å². The molecular formula is C23H25NO5S. The van der Waals surface area contributed by atoms with Crippen LogP contribution in [0.1, 0.15) is 30.6 Å². The summed E-state index contributed by atoms with van der Waals surface area (Å²) in [6.45, 7) is 0.166. The molecule has 4 rings (SSSR count). The summed E-state index contributed by atoms with van der Waals surface area (Å²) in [5, 5.41) is 3.78. The molecule has 1 aliphatic carbocycles. The molecule has 1 aliphatic rings. The molecule has 0 spiro atoms. The minimum Gasteiger partial charge on any atom is -0.484 e. The Kier molecular flexibility index (Phi) is 6.08. The van der Waals surface area contributed by atoms with Gasteiger partial charge in [-0.1, -0.05) is 18.2 Å². The van der Waals surface area contributed by atoms with Crippen LogP contribution in [0, 0.1) is 0 Å². The molecular weight excluding hydrogens is 402 g/mol. The van der Waals surface area contributed by atoms with Crippen LogP contribution < -0.4 is 10.1 Å². The van der Waals surface area contributed by atoms with Crippen LogP contribution in [0.4, 0.5) is 0 Å². The molecule has 0 unspecified atom stereocenters. The number of nitrogens with one attached hydrogen (secondary N) is 1. The van der Waals surface area contributed by atoms with Crippen molar-refractivity contribution in [3.63, 3.8) is 0 Å². The molecule has 158 valence electrons. The molecule has 0 aliphatic heterocycles. The topological polar surface area (TPSA) is 85.6 Å². The maximum atomic E-state index is 12.2. The van der Waals surface area contributed by atoms with Gasteiger partial charge in [-0.2, -0.15) is 0 Å². The number of carbonyl (C=O) groups excluding carboxylic acids is 1. The average molecular weight is 428 g/mol. The van der Waals surface area contributed by atoms with Gasteiger partial charge in [0, 0.05) is 23.9 Å². The van der Waals surface area contributed by atoms with Crippen molar-refractivity contribution in [3.05, 3.63) is 59.9 Å². The number of furan rings is 1. The van der Waals surface area contributed by atoms with Gasteiger partial charge in [0.1, 0.15) is 17.1 Å². The second kappa shape index (κ2) is 8.92. The number of ether oxygens (including phenoxy) is 1. The molecule has 1 aromatic heterocycles. The first-order valence-electron chi connectivity index (χ1n) is 10.2. The highest BCUT2D eigenvalue weighted by atomic mass is 32.2. The van der Waals surface area contributed by atoms with E-state index >= 15 is 0 Å². The highest BCUT2D eigenvalue weighted by Crippen LogP contribution is 2.33. The van der Waals surface area contributed by atoms with Gasteiger partial charge in [-0.25, -0.2) is 8.42 Å². The van der Waals surface area contributed by atoms with E-state index in [2.05, 4.69) is 5.32 Å². The molecule has 6 nitrogen and oxygen atoms in total. The van der Waals surface area contributed by atoms with E-state index in [1.807, 2.05) is 12.1 Å². The van der Waals surface area contributed by atoms with E-state index in [0.717, 1.165) is 42.4 Å². The summed E-state index contributed by atoms with van der Waals surface area (Å²) in [7, 11) is -3.33. The minimum atomic E-state index is -3.33. The molecule has 30 heavy (non-hydrogen) atoms.